The van der Waals surface area contributed by atoms with E-state index in [0.717, 1.165) is 23.3 Å². The second-order valence-corrected chi connectivity index (χ2v) is 5.94. The number of carbonyl (C=O) groups is 2. The highest BCUT2D eigenvalue weighted by molar-refractivity contribution is 6.04. The van der Waals surface area contributed by atoms with Gasteiger partial charge in [0.05, 0.1) is 23.8 Å². The summed E-state index contributed by atoms with van der Waals surface area (Å²) < 4.78 is 47.2. The predicted molar refractivity (Wildman–Crippen MR) is 98.9 cm³/mol. The number of amides is 1. The zero-order valence-corrected chi connectivity index (χ0v) is 15.7. The highest BCUT2D eigenvalue weighted by atomic mass is 19.4. The number of nitrogens with zero attached hydrogens (tertiary/aromatic N) is 3. The molecule has 3 rings (SSSR count). The fourth-order valence-electron chi connectivity index (χ4n) is 2.22. The third-order valence-corrected chi connectivity index (χ3v) is 3.91. The summed E-state index contributed by atoms with van der Waals surface area (Å²) >= 11 is 0. The first-order valence-electron chi connectivity index (χ1n) is 8.32. The molecule has 158 valence electrons. The number of rotatable bonds is 3. The number of hydrogen-bond acceptors (Lipinski definition) is 4. The van der Waals surface area contributed by atoms with Crippen molar-refractivity contribution in [3.63, 3.8) is 0 Å². The molecule has 2 heterocycles. The van der Waals surface area contributed by atoms with E-state index < -0.39 is 23.9 Å². The Morgan fingerprint density at radius 3 is 2.17 bits per heavy atom. The van der Waals surface area contributed by atoms with Crippen LogP contribution in [0.2, 0.25) is 0 Å². The predicted octanol–water partition coefficient (Wildman–Crippen LogP) is 3.91. The van der Waals surface area contributed by atoms with Crippen LogP contribution in [-0.2, 0) is 4.79 Å². The summed E-state index contributed by atoms with van der Waals surface area (Å²) in [5.41, 5.74) is 3.52. The zero-order valence-electron chi connectivity index (χ0n) is 15.7. The summed E-state index contributed by atoms with van der Waals surface area (Å²) in [6.45, 7) is 3.94. The van der Waals surface area contributed by atoms with Crippen LogP contribution in [0.3, 0.4) is 0 Å². The molecule has 0 fully saturated rings. The van der Waals surface area contributed by atoms with Crippen LogP contribution in [0.5, 0.6) is 0 Å². The van der Waals surface area contributed by atoms with E-state index in [1.54, 1.807) is 18.5 Å². The molecule has 1 aromatic carbocycles. The van der Waals surface area contributed by atoms with Crippen molar-refractivity contribution in [2.45, 2.75) is 20.0 Å². The van der Waals surface area contributed by atoms with Gasteiger partial charge in [0.1, 0.15) is 0 Å². The van der Waals surface area contributed by atoms with E-state index in [-0.39, 0.29) is 5.56 Å². The fourth-order valence-corrected chi connectivity index (χ4v) is 2.22. The number of anilines is 1. The number of imidazole rings is 1. The van der Waals surface area contributed by atoms with Crippen LogP contribution in [0.25, 0.3) is 5.69 Å². The number of aliphatic carboxylic acids is 1. The molecule has 0 aliphatic carbocycles. The Morgan fingerprint density at radius 1 is 1.10 bits per heavy atom. The molecule has 1 amide bonds. The molecule has 0 unspecified atom stereocenters. The summed E-state index contributed by atoms with van der Waals surface area (Å²) in [5, 5.41) is 9.79. The SMILES string of the molecule is Cc1ncn(-c2ccc(NC(=O)c3ccncc3F)cc2)c1C.O=C(O)C(F)(F)F. The van der Waals surface area contributed by atoms with E-state index >= 15 is 0 Å². The lowest BCUT2D eigenvalue weighted by atomic mass is 10.2. The van der Waals surface area contributed by atoms with Crippen LogP contribution >= 0.6 is 0 Å². The molecule has 2 aromatic heterocycles. The number of aromatic nitrogens is 3. The molecule has 7 nitrogen and oxygen atoms in total. The average Bonchev–Trinajstić information content (AvgIpc) is 3.01. The normalized spacial score (nSPS) is 10.7. The van der Waals surface area contributed by atoms with E-state index in [4.69, 9.17) is 9.90 Å². The van der Waals surface area contributed by atoms with E-state index in [0.29, 0.717) is 5.69 Å². The van der Waals surface area contributed by atoms with Gasteiger partial charge in [-0.05, 0) is 44.2 Å². The third kappa shape index (κ3) is 5.63. The lowest BCUT2D eigenvalue weighted by molar-refractivity contribution is -0.192. The maximum Gasteiger partial charge on any atom is 0.490 e. The van der Waals surface area contributed by atoms with Gasteiger partial charge in [-0.1, -0.05) is 0 Å². The van der Waals surface area contributed by atoms with Crippen molar-refractivity contribution in [1.82, 2.24) is 14.5 Å². The minimum Gasteiger partial charge on any atom is -0.475 e. The van der Waals surface area contributed by atoms with Gasteiger partial charge in [-0.3, -0.25) is 9.78 Å². The van der Waals surface area contributed by atoms with E-state index in [2.05, 4.69) is 15.3 Å². The van der Waals surface area contributed by atoms with Crippen LogP contribution in [0.15, 0.2) is 49.1 Å². The number of benzene rings is 1. The minimum atomic E-state index is -5.08. The van der Waals surface area contributed by atoms with Gasteiger partial charge in [0.15, 0.2) is 5.82 Å². The molecule has 11 heteroatoms. The molecule has 0 aliphatic rings. The number of hydrogen-bond donors (Lipinski definition) is 2. The summed E-state index contributed by atoms with van der Waals surface area (Å²) in [6, 6.07) is 8.61. The second kappa shape index (κ2) is 9.16. The highest BCUT2D eigenvalue weighted by Crippen LogP contribution is 2.18. The molecule has 0 bridgehead atoms. The Kier molecular flexibility index (Phi) is 6.88. The molecule has 0 saturated carbocycles. The van der Waals surface area contributed by atoms with E-state index in [9.17, 15) is 22.4 Å². The van der Waals surface area contributed by atoms with Crippen molar-refractivity contribution in [3.05, 3.63) is 71.8 Å². The van der Waals surface area contributed by atoms with E-state index in [1.165, 1.54) is 12.3 Å². The van der Waals surface area contributed by atoms with Crippen molar-refractivity contribution in [2.75, 3.05) is 5.32 Å². The Bertz CT molecular complexity index is 1050. The Hall–Kier alpha value is -3.76. The van der Waals surface area contributed by atoms with Gasteiger partial charge < -0.3 is 15.0 Å². The van der Waals surface area contributed by atoms with Gasteiger partial charge in [-0.2, -0.15) is 13.2 Å². The van der Waals surface area contributed by atoms with E-state index in [1.807, 2.05) is 30.5 Å². The summed E-state index contributed by atoms with van der Waals surface area (Å²) in [5.74, 6) is -3.91. The van der Waals surface area contributed by atoms with Crippen molar-refractivity contribution in [1.29, 1.82) is 0 Å². The summed E-state index contributed by atoms with van der Waals surface area (Å²) in [6.07, 6.45) is -0.933. The maximum absolute atomic E-state index is 13.5. The first kappa shape index (κ1) is 22.5. The molecule has 2 N–H and O–H groups in total. The van der Waals surface area contributed by atoms with Gasteiger partial charge in [-0.15, -0.1) is 0 Å². The largest absolute Gasteiger partial charge is 0.490 e. The number of alkyl halides is 3. The number of carbonyl (C=O) groups excluding carboxylic acids is 1. The first-order chi connectivity index (χ1) is 14.0. The molecule has 0 radical (unpaired) electrons. The molecular formula is C19H16F4N4O3. The molecule has 3 aromatic rings. The molecule has 0 saturated heterocycles. The van der Waals surface area contributed by atoms with Gasteiger partial charge >= 0.3 is 12.1 Å². The quantitative estimate of drug-likeness (QED) is 0.622. The molecule has 0 atom stereocenters. The Labute approximate surface area is 168 Å². The fraction of sp³-hybridized carbons (Fsp3) is 0.158. The Morgan fingerprint density at radius 2 is 1.70 bits per heavy atom. The Balaban J connectivity index is 0.000000396. The lowest BCUT2D eigenvalue weighted by Crippen LogP contribution is -2.21. The van der Waals surface area contributed by atoms with Crippen LogP contribution < -0.4 is 5.32 Å². The molecule has 30 heavy (non-hydrogen) atoms. The van der Waals surface area contributed by atoms with Crippen LogP contribution in [0, 0.1) is 19.7 Å². The second-order valence-electron chi connectivity index (χ2n) is 5.94. The summed E-state index contributed by atoms with van der Waals surface area (Å²) in [7, 11) is 0. The standard InChI is InChI=1S/C17H15FN4O.C2HF3O2/c1-11-12(2)22(10-20-11)14-5-3-13(4-6-14)21-17(23)15-7-8-19-9-16(15)18;3-2(4,5)1(6)7/h3-10H,1-2H3,(H,21,23);(H,6,7). The smallest absolute Gasteiger partial charge is 0.475 e. The maximum atomic E-state index is 13.5. The average molecular weight is 424 g/mol. The topological polar surface area (TPSA) is 97.1 Å². The van der Waals surface area contributed by atoms with Crippen molar-refractivity contribution in [2.24, 2.45) is 0 Å². The lowest BCUT2D eigenvalue weighted by Gasteiger charge is -2.09. The highest BCUT2D eigenvalue weighted by Gasteiger charge is 2.38. The summed E-state index contributed by atoms with van der Waals surface area (Å²) in [4.78, 5) is 28.8. The molecule has 0 aliphatic heterocycles. The number of halogens is 4. The first-order valence-corrected chi connectivity index (χ1v) is 8.32. The number of carboxylic acid groups (broad SMARTS) is 1. The molecule has 0 spiro atoms. The minimum absolute atomic E-state index is 0.0369. The van der Waals surface area contributed by atoms with Crippen molar-refractivity contribution < 1.29 is 32.3 Å². The zero-order chi connectivity index (χ0) is 22.5. The van der Waals surface area contributed by atoms with Gasteiger partial charge in [-0.25, -0.2) is 14.2 Å². The van der Waals surface area contributed by atoms with Gasteiger partial charge in [0.25, 0.3) is 5.91 Å². The molecular weight excluding hydrogens is 408 g/mol. The van der Waals surface area contributed by atoms with Gasteiger partial charge in [0.2, 0.25) is 0 Å². The van der Waals surface area contributed by atoms with Gasteiger partial charge in [0, 0.05) is 23.3 Å². The number of aryl methyl sites for hydroxylation is 1. The van der Waals surface area contributed by atoms with Crippen molar-refractivity contribution in [3.8, 4) is 5.69 Å². The number of pyridine rings is 1. The third-order valence-electron chi connectivity index (χ3n) is 3.91. The van der Waals surface area contributed by atoms with Crippen LogP contribution in [-0.4, -0.2) is 37.7 Å². The number of nitrogens with one attached hydrogen (secondary N) is 1. The number of carboxylic acids is 1. The van der Waals surface area contributed by atoms with Crippen LogP contribution in [0.4, 0.5) is 23.2 Å². The van der Waals surface area contributed by atoms with Crippen molar-refractivity contribution >= 4 is 17.6 Å². The monoisotopic (exact) mass is 424 g/mol. The van der Waals surface area contributed by atoms with Crippen LogP contribution in [0.1, 0.15) is 21.7 Å².